The summed E-state index contributed by atoms with van der Waals surface area (Å²) in [6.45, 7) is 0.412. The highest BCUT2D eigenvalue weighted by Gasteiger charge is 2.14. The Hall–Kier alpha value is -1.14. The van der Waals surface area contributed by atoms with Crippen molar-refractivity contribution in [3.05, 3.63) is 47.5 Å². The first-order valence-corrected chi connectivity index (χ1v) is 7.46. The van der Waals surface area contributed by atoms with Crippen LogP contribution in [0.2, 0.25) is 0 Å². The van der Waals surface area contributed by atoms with Gasteiger partial charge in [-0.15, -0.1) is 0 Å². The molecule has 0 atom stereocenters. The van der Waals surface area contributed by atoms with Crippen LogP contribution in [0.15, 0.2) is 52.4 Å². The van der Waals surface area contributed by atoms with Gasteiger partial charge < -0.3 is 4.57 Å². The average molecular weight is 315 g/mol. The molecule has 0 bridgehead atoms. The summed E-state index contributed by atoms with van der Waals surface area (Å²) in [5.41, 5.74) is 0. The molecule has 0 saturated heterocycles. The quantitative estimate of drug-likeness (QED) is 0.868. The number of benzene rings is 1. The van der Waals surface area contributed by atoms with E-state index in [2.05, 4.69) is 20.9 Å². The van der Waals surface area contributed by atoms with Crippen LogP contribution in [0, 0.1) is 0 Å². The Morgan fingerprint density at radius 3 is 2.82 bits per heavy atom. The van der Waals surface area contributed by atoms with Gasteiger partial charge in [-0.2, -0.15) is 0 Å². The molecule has 0 unspecified atom stereocenters. The van der Waals surface area contributed by atoms with E-state index in [1.807, 2.05) is 0 Å². The molecule has 0 saturated carbocycles. The summed E-state index contributed by atoms with van der Waals surface area (Å²) in [5, 5.41) is 0. The molecular formula is C11H11BrN2O2S. The van der Waals surface area contributed by atoms with Gasteiger partial charge in [0.25, 0.3) is 0 Å². The highest BCUT2D eigenvalue weighted by atomic mass is 79.9. The van der Waals surface area contributed by atoms with Crippen molar-refractivity contribution in [3.63, 3.8) is 0 Å². The van der Waals surface area contributed by atoms with Gasteiger partial charge in [-0.3, -0.25) is 0 Å². The predicted octanol–water partition coefficient (Wildman–Crippen LogP) is 2.12. The normalized spacial score (nSPS) is 11.6. The number of hydrogen-bond acceptors (Lipinski definition) is 3. The van der Waals surface area contributed by atoms with E-state index in [4.69, 9.17) is 0 Å². The van der Waals surface area contributed by atoms with Gasteiger partial charge in [0.05, 0.1) is 17.0 Å². The molecule has 0 N–H and O–H groups in total. The first-order valence-electron chi connectivity index (χ1n) is 5.02. The molecular weight excluding hydrogens is 304 g/mol. The molecule has 1 aromatic heterocycles. The van der Waals surface area contributed by atoms with E-state index in [0.717, 1.165) is 4.47 Å². The number of halogens is 1. The van der Waals surface area contributed by atoms with Gasteiger partial charge in [-0.25, -0.2) is 13.4 Å². The Morgan fingerprint density at radius 2 is 2.18 bits per heavy atom. The van der Waals surface area contributed by atoms with Crippen LogP contribution in [0.4, 0.5) is 0 Å². The summed E-state index contributed by atoms with van der Waals surface area (Å²) < 4.78 is 26.6. The van der Waals surface area contributed by atoms with Crippen molar-refractivity contribution in [1.82, 2.24) is 9.55 Å². The van der Waals surface area contributed by atoms with E-state index in [9.17, 15) is 8.42 Å². The molecule has 17 heavy (non-hydrogen) atoms. The van der Waals surface area contributed by atoms with Crippen molar-refractivity contribution in [2.45, 2.75) is 11.4 Å². The minimum absolute atomic E-state index is 0.0693. The number of nitrogens with zero attached hydrogens (tertiary/aromatic N) is 2. The van der Waals surface area contributed by atoms with Crippen molar-refractivity contribution in [2.75, 3.05) is 5.75 Å². The van der Waals surface area contributed by atoms with Crippen LogP contribution in [0.1, 0.15) is 0 Å². The molecule has 90 valence electrons. The molecule has 0 spiro atoms. The highest BCUT2D eigenvalue weighted by molar-refractivity contribution is 9.10. The zero-order valence-corrected chi connectivity index (χ0v) is 11.4. The second-order valence-electron chi connectivity index (χ2n) is 3.58. The van der Waals surface area contributed by atoms with Gasteiger partial charge in [0.15, 0.2) is 9.84 Å². The Labute approximate surface area is 108 Å². The van der Waals surface area contributed by atoms with Crippen LogP contribution < -0.4 is 0 Å². The average Bonchev–Trinajstić information content (AvgIpc) is 2.79. The van der Waals surface area contributed by atoms with Gasteiger partial charge >= 0.3 is 0 Å². The van der Waals surface area contributed by atoms with Crippen LogP contribution in [-0.4, -0.2) is 23.7 Å². The summed E-state index contributed by atoms with van der Waals surface area (Å²) in [6, 6.07) is 6.74. The lowest BCUT2D eigenvalue weighted by molar-refractivity contribution is 0.588. The van der Waals surface area contributed by atoms with Gasteiger partial charge in [-0.05, 0) is 18.2 Å². The van der Waals surface area contributed by atoms with E-state index in [1.54, 1.807) is 47.6 Å². The zero-order chi connectivity index (χ0) is 12.3. The van der Waals surface area contributed by atoms with Crippen molar-refractivity contribution >= 4 is 25.8 Å². The molecule has 4 nitrogen and oxygen atoms in total. The van der Waals surface area contributed by atoms with Crippen molar-refractivity contribution < 1.29 is 8.42 Å². The molecule has 0 radical (unpaired) electrons. The summed E-state index contributed by atoms with van der Waals surface area (Å²) in [7, 11) is -3.24. The largest absolute Gasteiger partial charge is 0.336 e. The van der Waals surface area contributed by atoms with Crippen LogP contribution in [0.5, 0.6) is 0 Å². The van der Waals surface area contributed by atoms with Crippen molar-refractivity contribution in [3.8, 4) is 0 Å². The first kappa shape index (κ1) is 12.3. The molecule has 2 aromatic rings. The minimum atomic E-state index is -3.24. The smallest absolute Gasteiger partial charge is 0.180 e. The highest BCUT2D eigenvalue weighted by Crippen LogP contribution is 2.17. The molecule has 6 heteroatoms. The van der Waals surface area contributed by atoms with E-state index < -0.39 is 9.84 Å². The third kappa shape index (κ3) is 3.17. The van der Waals surface area contributed by atoms with Gasteiger partial charge in [0.2, 0.25) is 0 Å². The summed E-state index contributed by atoms with van der Waals surface area (Å²) in [5.74, 6) is 0.0693. The number of sulfone groups is 1. The van der Waals surface area contributed by atoms with E-state index in [0.29, 0.717) is 11.4 Å². The van der Waals surface area contributed by atoms with Crippen molar-refractivity contribution in [2.24, 2.45) is 0 Å². The molecule has 2 rings (SSSR count). The standard InChI is InChI=1S/C11H11BrN2O2S/c12-10-2-1-3-11(8-10)17(15,16)7-6-14-5-4-13-9-14/h1-5,8-9H,6-7H2. The molecule has 0 aliphatic heterocycles. The molecule has 0 aliphatic carbocycles. The fourth-order valence-corrected chi connectivity index (χ4v) is 3.25. The molecule has 0 fully saturated rings. The number of imidazole rings is 1. The molecule has 0 aliphatic rings. The second-order valence-corrected chi connectivity index (χ2v) is 6.60. The monoisotopic (exact) mass is 314 g/mol. The SMILES string of the molecule is O=S(=O)(CCn1ccnc1)c1cccc(Br)c1. The maximum Gasteiger partial charge on any atom is 0.180 e. The number of rotatable bonds is 4. The molecule has 1 aromatic carbocycles. The maximum absolute atomic E-state index is 12.0. The third-order valence-electron chi connectivity index (χ3n) is 2.33. The lowest BCUT2D eigenvalue weighted by Gasteiger charge is -2.05. The Kier molecular flexibility index (Phi) is 3.63. The number of aromatic nitrogens is 2. The first-order chi connectivity index (χ1) is 8.08. The van der Waals surface area contributed by atoms with Gasteiger partial charge in [0.1, 0.15) is 0 Å². The topological polar surface area (TPSA) is 52.0 Å². The van der Waals surface area contributed by atoms with Gasteiger partial charge in [0, 0.05) is 23.4 Å². The van der Waals surface area contributed by atoms with E-state index in [1.165, 1.54) is 0 Å². The molecule has 0 amide bonds. The fourth-order valence-electron chi connectivity index (χ4n) is 1.42. The van der Waals surface area contributed by atoms with Crippen LogP contribution in [0.25, 0.3) is 0 Å². The zero-order valence-electron chi connectivity index (χ0n) is 8.95. The summed E-state index contributed by atoms with van der Waals surface area (Å²) in [4.78, 5) is 4.21. The second kappa shape index (κ2) is 5.01. The third-order valence-corrected chi connectivity index (χ3v) is 4.52. The van der Waals surface area contributed by atoms with E-state index in [-0.39, 0.29) is 5.75 Å². The molecule has 1 heterocycles. The lowest BCUT2D eigenvalue weighted by Crippen LogP contribution is -2.12. The van der Waals surface area contributed by atoms with E-state index >= 15 is 0 Å². The number of hydrogen-bond donors (Lipinski definition) is 0. The Morgan fingerprint density at radius 1 is 1.35 bits per heavy atom. The Bertz CT molecular complexity index is 594. The van der Waals surface area contributed by atoms with Crippen LogP contribution in [0.3, 0.4) is 0 Å². The van der Waals surface area contributed by atoms with Crippen LogP contribution in [-0.2, 0) is 16.4 Å². The lowest BCUT2D eigenvalue weighted by atomic mass is 10.4. The van der Waals surface area contributed by atoms with Crippen LogP contribution >= 0.6 is 15.9 Å². The Balaban J connectivity index is 2.14. The summed E-state index contributed by atoms with van der Waals surface area (Å²) in [6.07, 6.45) is 4.98. The summed E-state index contributed by atoms with van der Waals surface area (Å²) >= 11 is 3.26. The maximum atomic E-state index is 12.0. The van der Waals surface area contributed by atoms with Crippen molar-refractivity contribution in [1.29, 1.82) is 0 Å². The minimum Gasteiger partial charge on any atom is -0.336 e. The predicted molar refractivity (Wildman–Crippen MR) is 68.4 cm³/mol. The van der Waals surface area contributed by atoms with Gasteiger partial charge in [-0.1, -0.05) is 22.0 Å². The fraction of sp³-hybridized carbons (Fsp3) is 0.182. The number of aryl methyl sites for hydroxylation is 1.